The Labute approximate surface area is 110 Å². The van der Waals surface area contributed by atoms with E-state index in [9.17, 15) is 4.79 Å². The van der Waals surface area contributed by atoms with Crippen molar-refractivity contribution >= 4 is 5.91 Å². The maximum Gasteiger partial charge on any atom is 0.227 e. The maximum absolute atomic E-state index is 12.3. The molecule has 1 amide bonds. The molecule has 2 rings (SSSR count). The minimum Gasteiger partial charge on any atom is -0.379 e. The lowest BCUT2D eigenvalue weighted by Crippen LogP contribution is -2.47. The minimum absolute atomic E-state index is 0.00141. The molecule has 1 saturated carbocycles. The van der Waals surface area contributed by atoms with Crippen LogP contribution in [0.5, 0.6) is 0 Å². The molecule has 0 spiro atoms. The molecule has 0 radical (unpaired) electrons. The van der Waals surface area contributed by atoms with Crippen molar-refractivity contribution in [3.05, 3.63) is 0 Å². The number of amides is 1. The summed E-state index contributed by atoms with van der Waals surface area (Å²) >= 11 is 0. The Kier molecular flexibility index (Phi) is 5.45. The lowest BCUT2D eigenvalue weighted by Gasteiger charge is -2.26. The number of carbonyl (C=O) groups excluding carboxylic acids is 1. The quantitative estimate of drug-likeness (QED) is 0.781. The fourth-order valence-electron chi connectivity index (χ4n) is 2.90. The van der Waals surface area contributed by atoms with Gasteiger partial charge in [-0.15, -0.1) is 0 Å². The molecule has 4 heteroatoms. The number of ether oxygens (including phenoxy) is 1. The third-order valence-corrected chi connectivity index (χ3v) is 4.03. The molecule has 2 aliphatic rings. The van der Waals surface area contributed by atoms with Crippen LogP contribution in [0.4, 0.5) is 0 Å². The Hall–Kier alpha value is -0.610. The highest BCUT2D eigenvalue weighted by atomic mass is 16.5. The maximum atomic E-state index is 12.3. The number of hydrogen-bond donors (Lipinski definition) is 2. The van der Waals surface area contributed by atoms with Crippen LogP contribution in [0.1, 0.15) is 45.4 Å². The van der Waals surface area contributed by atoms with Crippen LogP contribution in [0.15, 0.2) is 0 Å². The van der Waals surface area contributed by atoms with Crippen LogP contribution in [-0.2, 0) is 9.53 Å². The van der Waals surface area contributed by atoms with Gasteiger partial charge < -0.3 is 15.4 Å². The van der Waals surface area contributed by atoms with Crippen molar-refractivity contribution in [3.63, 3.8) is 0 Å². The third kappa shape index (κ3) is 3.69. The van der Waals surface area contributed by atoms with Gasteiger partial charge in [-0.25, -0.2) is 0 Å². The van der Waals surface area contributed by atoms with Crippen LogP contribution < -0.4 is 10.6 Å². The summed E-state index contributed by atoms with van der Waals surface area (Å²) in [5, 5.41) is 6.62. The summed E-state index contributed by atoms with van der Waals surface area (Å²) in [6.07, 6.45) is 7.21. The van der Waals surface area contributed by atoms with Crippen molar-refractivity contribution in [3.8, 4) is 0 Å². The molecule has 1 heterocycles. The highest BCUT2D eigenvalue weighted by molar-refractivity contribution is 5.80. The molecule has 1 saturated heterocycles. The Morgan fingerprint density at radius 3 is 2.72 bits per heavy atom. The van der Waals surface area contributed by atoms with Gasteiger partial charge in [0.05, 0.1) is 19.1 Å². The van der Waals surface area contributed by atoms with E-state index >= 15 is 0 Å². The van der Waals surface area contributed by atoms with Gasteiger partial charge in [-0.05, 0) is 25.8 Å². The van der Waals surface area contributed by atoms with Crippen LogP contribution in [0, 0.1) is 5.92 Å². The molecule has 4 nitrogen and oxygen atoms in total. The summed E-state index contributed by atoms with van der Waals surface area (Å²) in [6.45, 7) is 4.34. The van der Waals surface area contributed by atoms with E-state index in [1.54, 1.807) is 0 Å². The molecule has 1 aliphatic carbocycles. The smallest absolute Gasteiger partial charge is 0.227 e. The van der Waals surface area contributed by atoms with E-state index in [1.165, 1.54) is 19.3 Å². The number of nitrogens with one attached hydrogen (secondary N) is 2. The van der Waals surface area contributed by atoms with Crippen LogP contribution in [-0.4, -0.2) is 37.7 Å². The van der Waals surface area contributed by atoms with E-state index in [1.807, 2.05) is 0 Å². The van der Waals surface area contributed by atoms with E-state index in [-0.39, 0.29) is 17.9 Å². The van der Waals surface area contributed by atoms with Gasteiger partial charge in [0.1, 0.15) is 0 Å². The minimum atomic E-state index is -0.00141. The second kappa shape index (κ2) is 7.10. The average Bonchev–Trinajstić information content (AvgIpc) is 2.86. The van der Waals surface area contributed by atoms with Gasteiger partial charge in [0, 0.05) is 12.1 Å². The number of hydrogen-bond acceptors (Lipinski definition) is 3. The van der Waals surface area contributed by atoms with Crippen molar-refractivity contribution in [1.29, 1.82) is 0 Å². The van der Waals surface area contributed by atoms with Gasteiger partial charge >= 0.3 is 0 Å². The van der Waals surface area contributed by atoms with Crippen LogP contribution in [0.3, 0.4) is 0 Å². The van der Waals surface area contributed by atoms with Gasteiger partial charge in [0.15, 0.2) is 0 Å². The number of carbonyl (C=O) groups is 1. The van der Waals surface area contributed by atoms with Gasteiger partial charge in [-0.1, -0.05) is 26.2 Å². The van der Waals surface area contributed by atoms with Gasteiger partial charge in [-0.2, -0.15) is 0 Å². The van der Waals surface area contributed by atoms with E-state index in [0.717, 1.165) is 25.8 Å². The van der Waals surface area contributed by atoms with Crippen molar-refractivity contribution in [2.45, 2.75) is 57.5 Å². The standard InChI is InChI=1S/C14H26N2O2/c1-2-8-15-13-10-18-9-12(13)14(17)16-11-6-4-3-5-7-11/h11-13,15H,2-10H2,1H3,(H,16,17). The first-order valence-corrected chi connectivity index (χ1v) is 7.42. The topological polar surface area (TPSA) is 50.4 Å². The monoisotopic (exact) mass is 254 g/mol. The molecule has 2 unspecified atom stereocenters. The SMILES string of the molecule is CCCNC1COCC1C(=O)NC1CCCCC1. The predicted octanol–water partition coefficient (Wildman–Crippen LogP) is 1.45. The van der Waals surface area contributed by atoms with Crippen molar-refractivity contribution in [2.75, 3.05) is 19.8 Å². The van der Waals surface area contributed by atoms with E-state index in [4.69, 9.17) is 4.74 Å². The first kappa shape index (κ1) is 13.8. The number of rotatable bonds is 5. The second-order valence-electron chi connectivity index (χ2n) is 5.55. The summed E-state index contributed by atoms with van der Waals surface area (Å²) < 4.78 is 5.45. The molecular weight excluding hydrogens is 228 g/mol. The van der Waals surface area contributed by atoms with E-state index in [2.05, 4.69) is 17.6 Å². The second-order valence-corrected chi connectivity index (χ2v) is 5.55. The molecule has 0 aromatic heterocycles. The zero-order valence-electron chi connectivity index (χ0n) is 11.4. The van der Waals surface area contributed by atoms with Crippen LogP contribution in [0.25, 0.3) is 0 Å². The average molecular weight is 254 g/mol. The summed E-state index contributed by atoms with van der Waals surface area (Å²) in [4.78, 5) is 12.3. The third-order valence-electron chi connectivity index (χ3n) is 4.03. The summed E-state index contributed by atoms with van der Waals surface area (Å²) in [5.74, 6) is 0.187. The van der Waals surface area contributed by atoms with Gasteiger partial charge in [-0.3, -0.25) is 4.79 Å². The van der Waals surface area contributed by atoms with Crippen LogP contribution >= 0.6 is 0 Å². The molecule has 0 aromatic rings. The van der Waals surface area contributed by atoms with Gasteiger partial charge in [0.25, 0.3) is 0 Å². The lowest BCUT2D eigenvalue weighted by atomic mass is 9.94. The summed E-state index contributed by atoms with van der Waals surface area (Å²) in [6, 6.07) is 0.604. The molecule has 1 aliphatic heterocycles. The molecule has 0 bridgehead atoms. The highest BCUT2D eigenvalue weighted by Gasteiger charge is 2.34. The summed E-state index contributed by atoms with van der Waals surface area (Å²) in [7, 11) is 0. The summed E-state index contributed by atoms with van der Waals surface area (Å²) in [5.41, 5.74) is 0. The molecule has 2 fully saturated rings. The van der Waals surface area contributed by atoms with Crippen LogP contribution in [0.2, 0.25) is 0 Å². The first-order chi connectivity index (χ1) is 8.81. The highest BCUT2D eigenvalue weighted by Crippen LogP contribution is 2.19. The Morgan fingerprint density at radius 2 is 2.00 bits per heavy atom. The largest absolute Gasteiger partial charge is 0.379 e. The zero-order chi connectivity index (χ0) is 12.8. The van der Waals surface area contributed by atoms with E-state index in [0.29, 0.717) is 19.3 Å². The van der Waals surface area contributed by atoms with Crippen molar-refractivity contribution < 1.29 is 9.53 Å². The molecule has 18 heavy (non-hydrogen) atoms. The lowest BCUT2D eigenvalue weighted by molar-refractivity contribution is -0.126. The van der Waals surface area contributed by atoms with Gasteiger partial charge in [0.2, 0.25) is 5.91 Å². The predicted molar refractivity (Wildman–Crippen MR) is 71.4 cm³/mol. The van der Waals surface area contributed by atoms with E-state index < -0.39 is 0 Å². The Bertz CT molecular complexity index is 265. The Morgan fingerprint density at radius 1 is 1.22 bits per heavy atom. The molecule has 2 N–H and O–H groups in total. The molecule has 2 atom stereocenters. The van der Waals surface area contributed by atoms with Crippen molar-refractivity contribution in [2.24, 2.45) is 5.92 Å². The molecule has 0 aromatic carbocycles. The van der Waals surface area contributed by atoms with Crippen molar-refractivity contribution in [1.82, 2.24) is 10.6 Å². The Balaban J connectivity index is 1.79. The zero-order valence-corrected chi connectivity index (χ0v) is 11.4. The molecular formula is C14H26N2O2. The normalized spacial score (nSPS) is 29.4. The first-order valence-electron chi connectivity index (χ1n) is 7.42. The fraction of sp³-hybridized carbons (Fsp3) is 0.929. The fourth-order valence-corrected chi connectivity index (χ4v) is 2.90. The molecule has 104 valence electrons.